The Morgan fingerprint density at radius 3 is 2.81 bits per heavy atom. The molecule has 116 valence electrons. The van der Waals surface area contributed by atoms with Crippen molar-refractivity contribution in [3.05, 3.63) is 29.8 Å². The molecule has 1 aromatic carbocycles. The first-order chi connectivity index (χ1) is 9.87. The van der Waals surface area contributed by atoms with E-state index >= 15 is 0 Å². The van der Waals surface area contributed by atoms with E-state index in [-0.39, 0.29) is 24.2 Å². The third kappa shape index (κ3) is 4.53. The highest BCUT2D eigenvalue weighted by Crippen LogP contribution is 2.27. The molecule has 0 radical (unpaired) electrons. The average Bonchev–Trinajstić information content (AvgIpc) is 2.92. The number of alkyl halides is 3. The van der Waals surface area contributed by atoms with Crippen molar-refractivity contribution in [2.45, 2.75) is 18.9 Å². The predicted octanol–water partition coefficient (Wildman–Crippen LogP) is 2.21. The number of rotatable bonds is 4. The lowest BCUT2D eigenvalue weighted by molar-refractivity contribution is -0.275. The summed E-state index contributed by atoms with van der Waals surface area (Å²) in [6.45, 7) is 0.0634. The maximum absolute atomic E-state index is 12.3. The molecule has 0 saturated carbocycles. The summed E-state index contributed by atoms with van der Waals surface area (Å²) in [6, 6.07) is 5.55. The molecule has 1 saturated heterocycles. The molecular weight excluding hydrogens is 305 g/mol. The average molecular weight is 320 g/mol. The fourth-order valence-electron chi connectivity index (χ4n) is 2.01. The summed E-state index contributed by atoms with van der Waals surface area (Å²) < 4.78 is 41.0. The van der Waals surface area contributed by atoms with Gasteiger partial charge in [0, 0.05) is 30.8 Å². The highest BCUT2D eigenvalue weighted by atomic mass is 32.2. The molecular formula is C13H15F3N2O2S. The minimum absolute atomic E-state index is 0.0634. The molecule has 2 rings (SSSR count). The van der Waals surface area contributed by atoms with Crippen LogP contribution in [0.15, 0.2) is 24.3 Å². The standard InChI is InChI=1S/C13H15F3N2O2S/c1-18(12(19)10-7-21-8-17-10)6-9-4-2-3-5-11(9)20-13(14,15)16/h2-5,10,17H,6-8H2,1H3. The number of para-hydroxylation sites is 1. The minimum Gasteiger partial charge on any atom is -0.405 e. The molecule has 0 bridgehead atoms. The predicted molar refractivity (Wildman–Crippen MR) is 73.8 cm³/mol. The van der Waals surface area contributed by atoms with Gasteiger partial charge in [0.25, 0.3) is 0 Å². The molecule has 1 aromatic rings. The van der Waals surface area contributed by atoms with Crippen molar-refractivity contribution in [1.82, 2.24) is 10.2 Å². The van der Waals surface area contributed by atoms with E-state index in [0.29, 0.717) is 17.2 Å². The molecule has 1 fully saturated rings. The van der Waals surface area contributed by atoms with Crippen LogP contribution in [0.2, 0.25) is 0 Å². The van der Waals surface area contributed by atoms with Gasteiger partial charge in [0.15, 0.2) is 0 Å². The van der Waals surface area contributed by atoms with Gasteiger partial charge in [-0.2, -0.15) is 0 Å². The van der Waals surface area contributed by atoms with E-state index in [2.05, 4.69) is 10.1 Å². The molecule has 1 N–H and O–H groups in total. The Labute approximate surface area is 124 Å². The van der Waals surface area contributed by atoms with Crippen LogP contribution in [0.3, 0.4) is 0 Å². The second-order valence-corrected chi connectivity index (χ2v) is 5.65. The van der Waals surface area contributed by atoms with Crippen LogP contribution in [0.25, 0.3) is 0 Å². The van der Waals surface area contributed by atoms with Gasteiger partial charge in [-0.25, -0.2) is 0 Å². The summed E-state index contributed by atoms with van der Waals surface area (Å²) in [5, 5.41) is 3.04. The van der Waals surface area contributed by atoms with E-state index in [1.165, 1.54) is 23.1 Å². The molecule has 0 spiro atoms. The second kappa shape index (κ2) is 6.57. The number of halogens is 3. The third-order valence-electron chi connectivity index (χ3n) is 3.00. The molecule has 1 heterocycles. The number of carbonyl (C=O) groups excluding carboxylic acids is 1. The summed E-state index contributed by atoms with van der Waals surface area (Å²) in [7, 11) is 1.57. The summed E-state index contributed by atoms with van der Waals surface area (Å²) in [4.78, 5) is 13.5. The van der Waals surface area contributed by atoms with Crippen LogP contribution in [0.1, 0.15) is 5.56 Å². The zero-order chi connectivity index (χ0) is 15.5. The second-order valence-electron chi connectivity index (χ2n) is 4.62. The van der Waals surface area contributed by atoms with Gasteiger partial charge >= 0.3 is 6.36 Å². The van der Waals surface area contributed by atoms with Crippen molar-refractivity contribution in [1.29, 1.82) is 0 Å². The highest BCUT2D eigenvalue weighted by Gasteiger charge is 2.32. The summed E-state index contributed by atoms with van der Waals surface area (Å²) in [5.74, 6) is 0.960. The molecule has 1 atom stereocenters. The van der Waals surface area contributed by atoms with Gasteiger partial charge < -0.3 is 9.64 Å². The minimum atomic E-state index is -4.75. The van der Waals surface area contributed by atoms with Crippen molar-refractivity contribution in [2.75, 3.05) is 18.7 Å². The first-order valence-electron chi connectivity index (χ1n) is 6.26. The monoisotopic (exact) mass is 320 g/mol. The Kier molecular flexibility index (Phi) is 5.00. The number of nitrogens with zero attached hydrogens (tertiary/aromatic N) is 1. The lowest BCUT2D eigenvalue weighted by Gasteiger charge is -2.22. The number of amides is 1. The summed E-state index contributed by atoms with van der Waals surface area (Å²) in [6.07, 6.45) is -4.75. The van der Waals surface area contributed by atoms with Crippen molar-refractivity contribution in [3.8, 4) is 5.75 Å². The van der Waals surface area contributed by atoms with Gasteiger partial charge in [0.2, 0.25) is 5.91 Å². The van der Waals surface area contributed by atoms with Crippen LogP contribution >= 0.6 is 11.8 Å². The van der Waals surface area contributed by atoms with E-state index in [9.17, 15) is 18.0 Å². The number of hydrogen-bond donors (Lipinski definition) is 1. The fraction of sp³-hybridized carbons (Fsp3) is 0.462. The van der Waals surface area contributed by atoms with Crippen molar-refractivity contribution in [2.24, 2.45) is 0 Å². The number of thioether (sulfide) groups is 1. The molecule has 8 heteroatoms. The van der Waals surface area contributed by atoms with Crippen LogP contribution in [0.5, 0.6) is 5.75 Å². The van der Waals surface area contributed by atoms with E-state index in [4.69, 9.17) is 0 Å². The molecule has 4 nitrogen and oxygen atoms in total. The third-order valence-corrected chi connectivity index (χ3v) is 3.94. The lowest BCUT2D eigenvalue weighted by Crippen LogP contribution is -2.42. The van der Waals surface area contributed by atoms with Crippen LogP contribution < -0.4 is 10.1 Å². The maximum Gasteiger partial charge on any atom is 0.573 e. The van der Waals surface area contributed by atoms with Gasteiger partial charge in [-0.3, -0.25) is 10.1 Å². The van der Waals surface area contributed by atoms with Crippen LogP contribution in [-0.2, 0) is 11.3 Å². The van der Waals surface area contributed by atoms with Crippen molar-refractivity contribution < 1.29 is 22.7 Å². The number of nitrogens with one attached hydrogen (secondary N) is 1. The van der Waals surface area contributed by atoms with Gasteiger partial charge in [-0.15, -0.1) is 24.9 Å². The van der Waals surface area contributed by atoms with Gasteiger partial charge in [0.1, 0.15) is 5.75 Å². The molecule has 1 unspecified atom stereocenters. The van der Waals surface area contributed by atoms with Crippen molar-refractivity contribution >= 4 is 17.7 Å². The quantitative estimate of drug-likeness (QED) is 0.923. The summed E-state index contributed by atoms with van der Waals surface area (Å²) >= 11 is 1.61. The largest absolute Gasteiger partial charge is 0.573 e. The number of ether oxygens (including phenoxy) is 1. The Hall–Kier alpha value is -1.41. The van der Waals surface area contributed by atoms with Gasteiger partial charge in [0.05, 0.1) is 6.04 Å². The molecule has 21 heavy (non-hydrogen) atoms. The summed E-state index contributed by atoms with van der Waals surface area (Å²) in [5.41, 5.74) is 0.316. The Balaban J connectivity index is 2.06. The maximum atomic E-state index is 12.3. The lowest BCUT2D eigenvalue weighted by atomic mass is 10.2. The van der Waals surface area contributed by atoms with E-state index in [1.807, 2.05) is 0 Å². The number of benzene rings is 1. The van der Waals surface area contributed by atoms with E-state index in [1.54, 1.807) is 24.9 Å². The molecule has 1 aliphatic rings. The normalized spacial score (nSPS) is 18.6. The van der Waals surface area contributed by atoms with E-state index in [0.717, 1.165) is 0 Å². The van der Waals surface area contributed by atoms with Crippen molar-refractivity contribution in [3.63, 3.8) is 0 Å². The zero-order valence-electron chi connectivity index (χ0n) is 11.3. The molecule has 0 aliphatic carbocycles. The van der Waals surface area contributed by atoms with Crippen LogP contribution in [-0.4, -0.2) is 41.9 Å². The van der Waals surface area contributed by atoms with Crippen LogP contribution in [0.4, 0.5) is 13.2 Å². The highest BCUT2D eigenvalue weighted by molar-refractivity contribution is 7.99. The molecule has 1 aliphatic heterocycles. The van der Waals surface area contributed by atoms with Gasteiger partial charge in [-0.1, -0.05) is 18.2 Å². The van der Waals surface area contributed by atoms with E-state index < -0.39 is 6.36 Å². The molecule has 1 amide bonds. The fourth-order valence-corrected chi connectivity index (χ4v) is 2.95. The number of likely N-dealkylation sites (N-methyl/N-ethyl adjacent to an activating group) is 1. The zero-order valence-corrected chi connectivity index (χ0v) is 12.1. The SMILES string of the molecule is CN(Cc1ccccc1OC(F)(F)F)C(=O)C1CSCN1. The number of hydrogen-bond acceptors (Lipinski definition) is 4. The topological polar surface area (TPSA) is 41.6 Å². The Bertz CT molecular complexity index is 504. The smallest absolute Gasteiger partial charge is 0.405 e. The first-order valence-corrected chi connectivity index (χ1v) is 7.42. The van der Waals surface area contributed by atoms with Crippen LogP contribution in [0, 0.1) is 0 Å². The number of carbonyl (C=O) groups is 1. The van der Waals surface area contributed by atoms with Gasteiger partial charge in [-0.05, 0) is 6.07 Å². The Morgan fingerprint density at radius 2 is 2.19 bits per heavy atom. The Morgan fingerprint density at radius 1 is 1.48 bits per heavy atom. The molecule has 0 aromatic heterocycles. The first kappa shape index (κ1) is 16.0.